The highest BCUT2D eigenvalue weighted by Gasteiger charge is 2.15. The second kappa shape index (κ2) is 4.25. The topological polar surface area (TPSA) is 80.9 Å². The fourth-order valence-corrected chi connectivity index (χ4v) is 1.54. The van der Waals surface area contributed by atoms with E-state index in [1.165, 1.54) is 4.80 Å². The standard InChI is InChI=1S/C10H9BrN4O2/c1-5-7(11)3-4-8(12-5)15-13-6(2)9(14-15)10(16)17/h3-4H,1-2H3,(H,16,17). The molecule has 0 saturated carbocycles. The van der Waals surface area contributed by atoms with Gasteiger partial charge in [-0.25, -0.2) is 9.78 Å². The van der Waals surface area contributed by atoms with Crippen molar-refractivity contribution >= 4 is 21.9 Å². The second-order valence-electron chi connectivity index (χ2n) is 3.47. The maximum atomic E-state index is 10.8. The van der Waals surface area contributed by atoms with Crippen LogP contribution in [-0.4, -0.2) is 31.1 Å². The highest BCUT2D eigenvalue weighted by atomic mass is 79.9. The summed E-state index contributed by atoms with van der Waals surface area (Å²) < 4.78 is 0.878. The van der Waals surface area contributed by atoms with Gasteiger partial charge in [-0.2, -0.15) is 5.10 Å². The predicted molar refractivity (Wildman–Crippen MR) is 63.3 cm³/mol. The van der Waals surface area contributed by atoms with Crippen LogP contribution in [-0.2, 0) is 0 Å². The molecule has 2 aromatic heterocycles. The number of aromatic nitrogens is 4. The summed E-state index contributed by atoms with van der Waals surface area (Å²) in [4.78, 5) is 16.3. The SMILES string of the molecule is Cc1nc(-n2nc(C)c(C(=O)O)n2)ccc1Br. The third-order valence-electron chi connectivity index (χ3n) is 2.20. The van der Waals surface area contributed by atoms with Gasteiger partial charge in [-0.05, 0) is 41.9 Å². The van der Waals surface area contributed by atoms with E-state index >= 15 is 0 Å². The van der Waals surface area contributed by atoms with Gasteiger partial charge in [-0.3, -0.25) is 0 Å². The molecule has 0 aliphatic rings. The highest BCUT2D eigenvalue weighted by molar-refractivity contribution is 9.10. The molecule has 2 aromatic rings. The van der Waals surface area contributed by atoms with Crippen molar-refractivity contribution in [2.24, 2.45) is 0 Å². The van der Waals surface area contributed by atoms with Crippen molar-refractivity contribution < 1.29 is 9.90 Å². The summed E-state index contributed by atoms with van der Waals surface area (Å²) in [6, 6.07) is 3.53. The average Bonchev–Trinajstić information content (AvgIpc) is 2.64. The third-order valence-corrected chi connectivity index (χ3v) is 3.03. The van der Waals surface area contributed by atoms with Crippen molar-refractivity contribution in [2.75, 3.05) is 0 Å². The maximum absolute atomic E-state index is 10.8. The largest absolute Gasteiger partial charge is 0.476 e. The molecule has 88 valence electrons. The molecule has 0 aliphatic carbocycles. The first-order valence-electron chi connectivity index (χ1n) is 4.80. The smallest absolute Gasteiger partial charge is 0.358 e. The molecule has 17 heavy (non-hydrogen) atoms. The molecule has 0 bridgehead atoms. The molecule has 0 fully saturated rings. The van der Waals surface area contributed by atoms with Crippen LogP contribution in [0.5, 0.6) is 0 Å². The summed E-state index contributed by atoms with van der Waals surface area (Å²) in [6.45, 7) is 3.43. The summed E-state index contributed by atoms with van der Waals surface area (Å²) in [7, 11) is 0. The zero-order valence-corrected chi connectivity index (χ0v) is 10.8. The molecule has 0 aliphatic heterocycles. The molecule has 0 atom stereocenters. The highest BCUT2D eigenvalue weighted by Crippen LogP contribution is 2.15. The summed E-state index contributed by atoms with van der Waals surface area (Å²) in [6.07, 6.45) is 0. The Labute approximate surface area is 105 Å². The number of pyridine rings is 1. The van der Waals surface area contributed by atoms with Crippen molar-refractivity contribution in [3.63, 3.8) is 0 Å². The molecular weight excluding hydrogens is 288 g/mol. The van der Waals surface area contributed by atoms with E-state index in [9.17, 15) is 4.79 Å². The van der Waals surface area contributed by atoms with Gasteiger partial charge in [-0.1, -0.05) is 0 Å². The van der Waals surface area contributed by atoms with Gasteiger partial charge in [0.1, 0.15) is 0 Å². The number of hydrogen-bond acceptors (Lipinski definition) is 4. The Morgan fingerprint density at radius 2 is 2.00 bits per heavy atom. The lowest BCUT2D eigenvalue weighted by molar-refractivity contribution is 0.0689. The quantitative estimate of drug-likeness (QED) is 0.913. The summed E-state index contributed by atoms with van der Waals surface area (Å²) in [5, 5.41) is 16.8. The van der Waals surface area contributed by atoms with Crippen LogP contribution in [0.25, 0.3) is 5.82 Å². The van der Waals surface area contributed by atoms with Crippen molar-refractivity contribution in [1.29, 1.82) is 0 Å². The Balaban J connectivity index is 2.50. The summed E-state index contributed by atoms with van der Waals surface area (Å²) >= 11 is 3.34. The minimum Gasteiger partial charge on any atom is -0.476 e. The number of carboxylic acid groups (broad SMARTS) is 1. The first-order chi connectivity index (χ1) is 7.99. The van der Waals surface area contributed by atoms with Gasteiger partial charge in [0.05, 0.1) is 11.4 Å². The fourth-order valence-electron chi connectivity index (χ4n) is 1.32. The third kappa shape index (κ3) is 2.19. The molecule has 0 aromatic carbocycles. The molecular formula is C10H9BrN4O2. The van der Waals surface area contributed by atoms with E-state index in [1.54, 1.807) is 13.0 Å². The minimum absolute atomic E-state index is 0.0626. The minimum atomic E-state index is -1.09. The van der Waals surface area contributed by atoms with Crippen LogP contribution < -0.4 is 0 Å². The van der Waals surface area contributed by atoms with Crippen molar-refractivity contribution in [3.05, 3.63) is 33.7 Å². The lowest BCUT2D eigenvalue weighted by Crippen LogP contribution is -2.04. The van der Waals surface area contributed by atoms with Crippen LogP contribution >= 0.6 is 15.9 Å². The molecule has 0 saturated heterocycles. The van der Waals surface area contributed by atoms with E-state index in [0.717, 1.165) is 10.2 Å². The average molecular weight is 297 g/mol. The molecule has 0 amide bonds. The van der Waals surface area contributed by atoms with Gasteiger partial charge in [0.25, 0.3) is 0 Å². The Bertz CT molecular complexity index is 594. The number of nitrogens with zero attached hydrogens (tertiary/aromatic N) is 4. The number of carbonyl (C=O) groups is 1. The Kier molecular flexibility index (Phi) is 2.93. The number of aryl methyl sites for hydroxylation is 2. The lowest BCUT2D eigenvalue weighted by Gasteiger charge is -2.01. The van der Waals surface area contributed by atoms with Gasteiger partial charge >= 0.3 is 5.97 Å². The number of hydrogen-bond donors (Lipinski definition) is 1. The van der Waals surface area contributed by atoms with Gasteiger partial charge in [0.2, 0.25) is 0 Å². The number of carboxylic acids is 1. The van der Waals surface area contributed by atoms with Gasteiger partial charge < -0.3 is 5.11 Å². The zero-order chi connectivity index (χ0) is 12.6. The number of rotatable bonds is 2. The van der Waals surface area contributed by atoms with Gasteiger partial charge in [0, 0.05) is 4.47 Å². The van der Waals surface area contributed by atoms with E-state index < -0.39 is 5.97 Å². The molecule has 1 N–H and O–H groups in total. The van der Waals surface area contributed by atoms with Crippen molar-refractivity contribution in [1.82, 2.24) is 20.0 Å². The van der Waals surface area contributed by atoms with Crippen LogP contribution in [0.4, 0.5) is 0 Å². The first-order valence-corrected chi connectivity index (χ1v) is 5.59. The van der Waals surface area contributed by atoms with E-state index in [2.05, 4.69) is 31.1 Å². The van der Waals surface area contributed by atoms with Gasteiger partial charge in [0.15, 0.2) is 11.5 Å². The summed E-state index contributed by atoms with van der Waals surface area (Å²) in [5.41, 5.74) is 1.08. The Hall–Kier alpha value is -1.76. The molecule has 0 spiro atoms. The molecule has 7 heteroatoms. The molecule has 6 nitrogen and oxygen atoms in total. The van der Waals surface area contributed by atoms with Crippen LogP contribution in [0, 0.1) is 13.8 Å². The normalized spacial score (nSPS) is 10.5. The van der Waals surface area contributed by atoms with Crippen LogP contribution in [0.1, 0.15) is 21.9 Å². The summed E-state index contributed by atoms with van der Waals surface area (Å²) in [5.74, 6) is -0.608. The molecule has 0 unspecified atom stereocenters. The van der Waals surface area contributed by atoms with Gasteiger partial charge in [-0.15, -0.1) is 9.90 Å². The monoisotopic (exact) mass is 296 g/mol. The van der Waals surface area contributed by atoms with E-state index in [1.807, 2.05) is 13.0 Å². The fraction of sp³-hybridized carbons (Fsp3) is 0.200. The first kappa shape index (κ1) is 11.7. The van der Waals surface area contributed by atoms with Crippen LogP contribution in [0.15, 0.2) is 16.6 Å². The number of halogens is 1. The number of aromatic carboxylic acids is 1. The Morgan fingerprint density at radius 1 is 1.29 bits per heavy atom. The zero-order valence-electron chi connectivity index (χ0n) is 9.18. The second-order valence-corrected chi connectivity index (χ2v) is 4.32. The Morgan fingerprint density at radius 3 is 2.53 bits per heavy atom. The van der Waals surface area contributed by atoms with Crippen LogP contribution in [0.2, 0.25) is 0 Å². The van der Waals surface area contributed by atoms with E-state index in [4.69, 9.17) is 5.11 Å². The predicted octanol–water partition coefficient (Wildman–Crippen LogP) is 1.74. The molecule has 2 rings (SSSR count). The van der Waals surface area contributed by atoms with Crippen molar-refractivity contribution in [2.45, 2.75) is 13.8 Å². The molecule has 0 radical (unpaired) electrons. The van der Waals surface area contributed by atoms with Crippen LogP contribution in [0.3, 0.4) is 0 Å². The lowest BCUT2D eigenvalue weighted by atomic mass is 10.4. The van der Waals surface area contributed by atoms with Crippen molar-refractivity contribution in [3.8, 4) is 5.82 Å². The maximum Gasteiger partial charge on any atom is 0.358 e. The van der Waals surface area contributed by atoms with E-state index in [0.29, 0.717) is 11.5 Å². The molecule has 2 heterocycles. The van der Waals surface area contributed by atoms with E-state index in [-0.39, 0.29) is 5.69 Å².